The lowest BCUT2D eigenvalue weighted by molar-refractivity contribution is -0.141. The van der Waals surface area contributed by atoms with Crippen molar-refractivity contribution in [3.8, 4) is 5.82 Å². The van der Waals surface area contributed by atoms with Gasteiger partial charge in [-0.25, -0.2) is 9.67 Å². The smallest absolute Gasteiger partial charge is 0.293 e. The van der Waals surface area contributed by atoms with Gasteiger partial charge >= 0.3 is 12.4 Å². The first-order valence-electron chi connectivity index (χ1n) is 8.23. The molecule has 0 amide bonds. The molecule has 4 rings (SSSR count). The van der Waals surface area contributed by atoms with Crippen LogP contribution in [0.4, 0.5) is 26.3 Å². The average molecular weight is 431 g/mol. The number of imidazole rings is 1. The van der Waals surface area contributed by atoms with E-state index in [1.54, 1.807) is 0 Å². The van der Waals surface area contributed by atoms with Gasteiger partial charge in [0.2, 0.25) is 0 Å². The van der Waals surface area contributed by atoms with Crippen molar-refractivity contribution in [2.45, 2.75) is 24.3 Å². The molecule has 0 unspecified atom stereocenters. The lowest BCUT2D eigenvalue weighted by atomic mass is 10.2. The zero-order valence-electron chi connectivity index (χ0n) is 14.6. The Morgan fingerprint density at radius 1 is 1.07 bits per heavy atom. The number of rotatable bonds is 3. The molecule has 0 atom stereocenters. The highest BCUT2D eigenvalue weighted by Gasteiger charge is 2.33. The Morgan fingerprint density at radius 3 is 2.48 bits per heavy atom. The van der Waals surface area contributed by atoms with Gasteiger partial charge in [0, 0.05) is 24.0 Å². The summed E-state index contributed by atoms with van der Waals surface area (Å²) in [4.78, 5) is 7.63. The van der Waals surface area contributed by atoms with Gasteiger partial charge in [-0.3, -0.25) is 9.38 Å². The van der Waals surface area contributed by atoms with Crippen LogP contribution in [0, 0.1) is 0 Å². The fourth-order valence-electron chi connectivity index (χ4n) is 2.79. The highest BCUT2D eigenvalue weighted by atomic mass is 32.2. The van der Waals surface area contributed by atoms with Crippen molar-refractivity contribution >= 4 is 28.3 Å². The number of halogens is 6. The molecule has 0 aliphatic rings. The molecule has 152 valence electrons. The van der Waals surface area contributed by atoms with Crippen LogP contribution >= 0.6 is 11.8 Å². The van der Waals surface area contributed by atoms with Crippen molar-refractivity contribution < 1.29 is 26.3 Å². The van der Waals surface area contributed by atoms with E-state index < -0.39 is 23.6 Å². The molecule has 0 aliphatic heterocycles. The molecule has 4 heterocycles. The van der Waals surface area contributed by atoms with Crippen LogP contribution in [0.2, 0.25) is 0 Å². The predicted molar refractivity (Wildman–Crippen MR) is 94.0 cm³/mol. The molecular formula is C17H11F6N5S. The molecule has 0 radical (unpaired) electrons. The normalized spacial score (nSPS) is 12.9. The maximum atomic E-state index is 13.0. The highest BCUT2D eigenvalue weighted by Crippen LogP contribution is 2.34. The van der Waals surface area contributed by atoms with Crippen molar-refractivity contribution in [1.82, 2.24) is 24.1 Å². The molecule has 0 aromatic carbocycles. The van der Waals surface area contributed by atoms with Gasteiger partial charge in [0.1, 0.15) is 16.4 Å². The second kappa shape index (κ2) is 6.65. The standard InChI is InChI=1S/C17H11F6N5S/c1-2-29-15-14(25-13-5-10(16(18,19)20)3-4-27(13)15)28-8-9-7-24-12(17(21,22)23)6-11(9)26-28/h3-8H,2H2,1H3. The van der Waals surface area contributed by atoms with Crippen LogP contribution in [0.5, 0.6) is 0 Å². The third-order valence-corrected chi connectivity index (χ3v) is 5.01. The Labute approximate surface area is 163 Å². The molecule has 0 saturated heterocycles. The highest BCUT2D eigenvalue weighted by molar-refractivity contribution is 7.99. The lowest BCUT2D eigenvalue weighted by Crippen LogP contribution is -2.07. The summed E-state index contributed by atoms with van der Waals surface area (Å²) in [7, 11) is 0. The van der Waals surface area contributed by atoms with Gasteiger partial charge in [-0.1, -0.05) is 6.92 Å². The predicted octanol–water partition coefficient (Wildman–Crippen LogP) is 5.22. The minimum absolute atomic E-state index is 0.0489. The van der Waals surface area contributed by atoms with Gasteiger partial charge in [-0.2, -0.15) is 31.4 Å². The summed E-state index contributed by atoms with van der Waals surface area (Å²) < 4.78 is 80.4. The molecule has 4 aromatic rings. The molecule has 0 bridgehead atoms. The molecule has 0 spiro atoms. The molecule has 0 aliphatic carbocycles. The van der Waals surface area contributed by atoms with Crippen LogP contribution in [-0.4, -0.2) is 29.9 Å². The SMILES string of the molecule is CCSc1c(-n2cc3cnc(C(F)(F)F)cc3n2)nc2cc(C(F)(F)F)ccn12. The van der Waals surface area contributed by atoms with Gasteiger partial charge in [0.25, 0.3) is 0 Å². The molecule has 0 saturated carbocycles. The largest absolute Gasteiger partial charge is 0.433 e. The zero-order chi connectivity index (χ0) is 21.0. The number of fused-ring (bicyclic) bond motifs is 2. The van der Waals surface area contributed by atoms with E-state index in [9.17, 15) is 26.3 Å². The minimum atomic E-state index is -4.61. The number of pyridine rings is 2. The van der Waals surface area contributed by atoms with Crippen molar-refractivity contribution in [2.75, 3.05) is 5.75 Å². The van der Waals surface area contributed by atoms with Gasteiger partial charge in [-0.05, 0) is 24.0 Å². The van der Waals surface area contributed by atoms with E-state index in [1.807, 2.05) is 6.92 Å². The number of hydrogen-bond acceptors (Lipinski definition) is 4. The molecule has 4 aromatic heterocycles. The first-order chi connectivity index (χ1) is 13.6. The Kier molecular flexibility index (Phi) is 4.48. The number of hydrogen-bond donors (Lipinski definition) is 0. The summed E-state index contributed by atoms with van der Waals surface area (Å²) in [5.41, 5.74) is -1.82. The van der Waals surface area contributed by atoms with Crippen LogP contribution in [0.25, 0.3) is 22.4 Å². The van der Waals surface area contributed by atoms with Crippen LogP contribution in [0.1, 0.15) is 18.2 Å². The monoisotopic (exact) mass is 431 g/mol. The van der Waals surface area contributed by atoms with E-state index in [2.05, 4.69) is 15.1 Å². The van der Waals surface area contributed by atoms with Gasteiger partial charge in [0.05, 0.1) is 11.1 Å². The van der Waals surface area contributed by atoms with Crippen molar-refractivity contribution in [1.29, 1.82) is 0 Å². The maximum Gasteiger partial charge on any atom is 0.433 e. The Balaban J connectivity index is 1.89. The topological polar surface area (TPSA) is 48.0 Å². The fourth-order valence-corrected chi connectivity index (χ4v) is 3.62. The third-order valence-electron chi connectivity index (χ3n) is 4.07. The summed E-state index contributed by atoms with van der Waals surface area (Å²) >= 11 is 1.33. The van der Waals surface area contributed by atoms with Crippen molar-refractivity contribution in [2.24, 2.45) is 0 Å². The summed E-state index contributed by atoms with van der Waals surface area (Å²) in [6, 6.07) is 2.67. The van der Waals surface area contributed by atoms with E-state index >= 15 is 0 Å². The summed E-state index contributed by atoms with van der Waals surface area (Å²) in [6.45, 7) is 1.86. The third kappa shape index (κ3) is 3.52. The van der Waals surface area contributed by atoms with E-state index in [4.69, 9.17) is 0 Å². The summed E-state index contributed by atoms with van der Waals surface area (Å²) in [6.07, 6.45) is -5.38. The molecule has 29 heavy (non-hydrogen) atoms. The van der Waals surface area contributed by atoms with Crippen LogP contribution < -0.4 is 0 Å². The number of thioether (sulfide) groups is 1. The van der Waals surface area contributed by atoms with Crippen LogP contribution in [0.3, 0.4) is 0 Å². The van der Waals surface area contributed by atoms with Crippen molar-refractivity contribution in [3.05, 3.63) is 48.0 Å². The second-order valence-corrected chi connectivity index (χ2v) is 7.27. The summed E-state index contributed by atoms with van der Waals surface area (Å²) in [5, 5.41) is 5.00. The molecule has 12 heteroatoms. The van der Waals surface area contributed by atoms with E-state index in [-0.39, 0.29) is 17.0 Å². The average Bonchev–Trinajstić information content (AvgIpc) is 3.20. The van der Waals surface area contributed by atoms with Gasteiger partial charge < -0.3 is 0 Å². The first-order valence-corrected chi connectivity index (χ1v) is 9.21. The molecule has 0 fully saturated rings. The van der Waals surface area contributed by atoms with Crippen LogP contribution in [0.15, 0.2) is 41.8 Å². The van der Waals surface area contributed by atoms with E-state index in [0.717, 1.165) is 24.4 Å². The molecule has 0 N–H and O–H groups in total. The molecule has 5 nitrogen and oxygen atoms in total. The fraction of sp³-hybridized carbons (Fsp3) is 0.235. The Hall–Kier alpha value is -2.76. The second-order valence-electron chi connectivity index (χ2n) is 6.01. The quantitative estimate of drug-likeness (QED) is 0.330. The van der Waals surface area contributed by atoms with Crippen molar-refractivity contribution in [3.63, 3.8) is 0 Å². The van der Waals surface area contributed by atoms with Gasteiger partial charge in [-0.15, -0.1) is 11.8 Å². The Bertz CT molecular complexity index is 1210. The number of alkyl halides is 6. The van der Waals surface area contributed by atoms with Crippen LogP contribution in [-0.2, 0) is 12.4 Å². The minimum Gasteiger partial charge on any atom is -0.293 e. The zero-order valence-corrected chi connectivity index (χ0v) is 15.4. The first kappa shape index (κ1) is 19.6. The lowest BCUT2D eigenvalue weighted by Gasteiger charge is -2.07. The maximum absolute atomic E-state index is 13.0. The van der Waals surface area contributed by atoms with E-state index in [0.29, 0.717) is 16.2 Å². The van der Waals surface area contributed by atoms with Gasteiger partial charge in [0.15, 0.2) is 5.82 Å². The summed E-state index contributed by atoms with van der Waals surface area (Å²) in [5.74, 6) is 0.823. The Morgan fingerprint density at radius 2 is 1.83 bits per heavy atom. The number of nitrogens with zero attached hydrogens (tertiary/aromatic N) is 5. The number of aromatic nitrogens is 5. The van der Waals surface area contributed by atoms with E-state index in [1.165, 1.54) is 33.2 Å². The molecular weight excluding hydrogens is 420 g/mol.